The third kappa shape index (κ3) is 4.63. The van der Waals surface area contributed by atoms with Gasteiger partial charge in [0.1, 0.15) is 11.6 Å². The Morgan fingerprint density at radius 2 is 2.00 bits per heavy atom. The van der Waals surface area contributed by atoms with Crippen LogP contribution in [0, 0.1) is 0 Å². The third-order valence-corrected chi connectivity index (χ3v) is 6.01. The number of benzene rings is 1. The van der Waals surface area contributed by atoms with Gasteiger partial charge in [-0.3, -0.25) is 9.78 Å². The Morgan fingerprint density at radius 1 is 1.21 bits per heavy atom. The van der Waals surface area contributed by atoms with E-state index in [1.807, 2.05) is 31.1 Å². The fourth-order valence-electron chi connectivity index (χ4n) is 4.20. The molecule has 0 spiro atoms. The summed E-state index contributed by atoms with van der Waals surface area (Å²) in [6, 6.07) is 3.74. The molecule has 34 heavy (non-hydrogen) atoms. The van der Waals surface area contributed by atoms with Crippen molar-refractivity contribution in [2.24, 2.45) is 0 Å². The number of anilines is 3. The van der Waals surface area contributed by atoms with Crippen LogP contribution in [0.25, 0.3) is 10.9 Å². The van der Waals surface area contributed by atoms with Gasteiger partial charge in [0.25, 0.3) is 5.56 Å². The van der Waals surface area contributed by atoms with Crippen molar-refractivity contribution in [2.45, 2.75) is 32.7 Å². The predicted molar refractivity (Wildman–Crippen MR) is 134 cm³/mol. The normalized spacial score (nSPS) is 13.3. The lowest BCUT2D eigenvalue weighted by Gasteiger charge is -2.30. The lowest BCUT2D eigenvalue weighted by atomic mass is 9.98. The average molecular weight is 468 g/mol. The van der Waals surface area contributed by atoms with E-state index >= 15 is 0 Å². The highest BCUT2D eigenvalue weighted by atomic mass is 16.5. The first-order valence-electron chi connectivity index (χ1n) is 11.5. The van der Waals surface area contributed by atoms with Crippen molar-refractivity contribution >= 4 is 28.6 Å². The van der Waals surface area contributed by atoms with Gasteiger partial charge in [0, 0.05) is 45.9 Å². The van der Waals surface area contributed by atoms with Crippen molar-refractivity contribution in [3.63, 3.8) is 0 Å². The number of H-pyrrole nitrogens is 1. The third-order valence-electron chi connectivity index (χ3n) is 6.01. The highest BCUT2D eigenvalue weighted by Crippen LogP contribution is 2.30. The summed E-state index contributed by atoms with van der Waals surface area (Å²) in [5, 5.41) is 3.99. The van der Waals surface area contributed by atoms with Crippen molar-refractivity contribution < 1.29 is 9.47 Å². The summed E-state index contributed by atoms with van der Waals surface area (Å²) in [6.07, 6.45) is 0.732. The molecule has 10 nitrogen and oxygen atoms in total. The molecule has 3 aromatic rings. The molecule has 10 heteroatoms. The lowest BCUT2D eigenvalue weighted by Crippen LogP contribution is -2.35. The van der Waals surface area contributed by atoms with Crippen LogP contribution in [0.4, 0.5) is 17.7 Å². The van der Waals surface area contributed by atoms with Gasteiger partial charge in [-0.2, -0.15) is 4.98 Å². The van der Waals surface area contributed by atoms with E-state index in [1.54, 1.807) is 14.2 Å². The number of nitrogens with one attached hydrogen (secondary N) is 2. The second kappa shape index (κ2) is 9.84. The van der Waals surface area contributed by atoms with E-state index in [1.165, 1.54) is 0 Å². The molecule has 0 saturated carbocycles. The van der Waals surface area contributed by atoms with Crippen LogP contribution in [0.2, 0.25) is 0 Å². The van der Waals surface area contributed by atoms with Gasteiger partial charge in [-0.25, -0.2) is 9.97 Å². The van der Waals surface area contributed by atoms with Gasteiger partial charge in [0.05, 0.1) is 36.9 Å². The minimum atomic E-state index is -0.143. The molecule has 182 valence electrons. The van der Waals surface area contributed by atoms with E-state index in [0.29, 0.717) is 54.8 Å². The molecule has 0 atom stereocenters. The maximum atomic E-state index is 13.1. The topological polar surface area (TPSA) is 108 Å². The summed E-state index contributed by atoms with van der Waals surface area (Å²) in [6.45, 7) is 6.58. The van der Waals surface area contributed by atoms with E-state index in [-0.39, 0.29) is 11.5 Å². The molecule has 2 N–H and O–H groups in total. The molecule has 0 amide bonds. The van der Waals surface area contributed by atoms with Crippen molar-refractivity contribution in [3.8, 4) is 5.75 Å². The van der Waals surface area contributed by atoms with Crippen LogP contribution < -0.4 is 25.4 Å². The largest absolute Gasteiger partial charge is 0.497 e. The van der Waals surface area contributed by atoms with Crippen LogP contribution in [-0.2, 0) is 17.7 Å². The molecule has 0 radical (unpaired) electrons. The maximum absolute atomic E-state index is 13.1. The molecule has 4 rings (SSSR count). The van der Waals surface area contributed by atoms with E-state index in [0.717, 1.165) is 29.1 Å². The fourth-order valence-corrected chi connectivity index (χ4v) is 4.20. The maximum Gasteiger partial charge on any atom is 0.260 e. The molecule has 3 heterocycles. The Balaban J connectivity index is 1.73. The van der Waals surface area contributed by atoms with E-state index in [2.05, 4.69) is 29.0 Å². The molecular weight excluding hydrogens is 434 g/mol. The summed E-state index contributed by atoms with van der Waals surface area (Å²) in [5.74, 6) is 2.85. The van der Waals surface area contributed by atoms with Gasteiger partial charge in [0.15, 0.2) is 0 Å². The summed E-state index contributed by atoms with van der Waals surface area (Å²) >= 11 is 0. The second-order valence-electron chi connectivity index (χ2n) is 8.94. The Hall–Kier alpha value is -3.40. The number of ether oxygens (including phenoxy) is 2. The standard InChI is InChI=1S/C24H33N7O3/c1-14(2)17-11-15(34-6)12-18-20(17)22(32)29-24(26-18)31-9-7-16-19(13-31)27-23(30(3)4)28-21(16)25-8-10-33-5/h11-12,14H,7-10,13H2,1-6H3,(H,25,27,28)(H,26,29,32). The number of nitrogens with zero attached hydrogens (tertiary/aromatic N) is 5. The molecule has 1 aliphatic rings. The van der Waals surface area contributed by atoms with Gasteiger partial charge in [-0.05, 0) is 24.0 Å². The molecule has 0 aliphatic carbocycles. The summed E-state index contributed by atoms with van der Waals surface area (Å²) < 4.78 is 10.6. The van der Waals surface area contributed by atoms with Crippen LogP contribution in [0.5, 0.6) is 5.75 Å². The smallest absolute Gasteiger partial charge is 0.260 e. The van der Waals surface area contributed by atoms with Gasteiger partial charge in [-0.1, -0.05) is 13.8 Å². The van der Waals surface area contributed by atoms with Crippen molar-refractivity contribution in [3.05, 3.63) is 39.3 Å². The zero-order valence-electron chi connectivity index (χ0n) is 20.7. The van der Waals surface area contributed by atoms with Crippen molar-refractivity contribution in [1.82, 2.24) is 19.9 Å². The fraction of sp³-hybridized carbons (Fsp3) is 0.500. The first-order valence-corrected chi connectivity index (χ1v) is 11.5. The SMILES string of the molecule is COCCNc1nc(N(C)C)nc2c1CCN(c1nc3cc(OC)cc(C(C)C)c3c(=O)[nH]1)C2. The quantitative estimate of drug-likeness (QED) is 0.483. The molecule has 0 bridgehead atoms. The van der Waals surface area contributed by atoms with E-state index < -0.39 is 0 Å². The summed E-state index contributed by atoms with van der Waals surface area (Å²) in [7, 11) is 7.14. The molecule has 0 saturated heterocycles. The number of aromatic amines is 1. The Morgan fingerprint density at radius 3 is 2.68 bits per heavy atom. The van der Waals surface area contributed by atoms with Crippen LogP contribution in [-0.4, -0.2) is 67.9 Å². The predicted octanol–water partition coefficient (Wildman–Crippen LogP) is 2.53. The van der Waals surface area contributed by atoms with Gasteiger partial charge < -0.3 is 24.6 Å². The van der Waals surface area contributed by atoms with Crippen LogP contribution in [0.1, 0.15) is 36.6 Å². The number of fused-ring (bicyclic) bond motifs is 2. The summed E-state index contributed by atoms with van der Waals surface area (Å²) in [4.78, 5) is 34.4. The first-order chi connectivity index (χ1) is 16.3. The molecular formula is C24H33N7O3. The average Bonchev–Trinajstić information content (AvgIpc) is 2.82. The van der Waals surface area contributed by atoms with Gasteiger partial charge in [0.2, 0.25) is 11.9 Å². The zero-order valence-corrected chi connectivity index (χ0v) is 20.7. The van der Waals surface area contributed by atoms with Gasteiger partial charge in [-0.15, -0.1) is 0 Å². The Labute approximate surface area is 199 Å². The molecule has 1 aromatic carbocycles. The number of hydrogen-bond acceptors (Lipinski definition) is 9. The first kappa shape index (κ1) is 23.7. The Kier molecular flexibility index (Phi) is 6.87. The molecule has 1 aliphatic heterocycles. The Bertz CT molecular complexity index is 1240. The summed E-state index contributed by atoms with van der Waals surface area (Å²) in [5.41, 5.74) is 3.42. The molecule has 2 aromatic heterocycles. The minimum Gasteiger partial charge on any atom is -0.497 e. The number of aromatic nitrogens is 4. The van der Waals surface area contributed by atoms with Crippen LogP contribution >= 0.6 is 0 Å². The van der Waals surface area contributed by atoms with Crippen LogP contribution in [0.15, 0.2) is 16.9 Å². The monoisotopic (exact) mass is 467 g/mol. The second-order valence-corrected chi connectivity index (χ2v) is 8.94. The van der Waals surface area contributed by atoms with Gasteiger partial charge >= 0.3 is 0 Å². The van der Waals surface area contributed by atoms with Crippen molar-refractivity contribution in [1.29, 1.82) is 0 Å². The highest BCUT2D eigenvalue weighted by molar-refractivity contribution is 5.84. The van der Waals surface area contributed by atoms with Crippen LogP contribution in [0.3, 0.4) is 0 Å². The van der Waals surface area contributed by atoms with Crippen molar-refractivity contribution in [2.75, 3.05) is 63.1 Å². The highest BCUT2D eigenvalue weighted by Gasteiger charge is 2.25. The zero-order chi connectivity index (χ0) is 24.4. The lowest BCUT2D eigenvalue weighted by molar-refractivity contribution is 0.210. The molecule has 0 fully saturated rings. The van der Waals surface area contributed by atoms with E-state index in [9.17, 15) is 4.79 Å². The number of methoxy groups -OCH3 is 2. The minimum absolute atomic E-state index is 0.143. The number of rotatable bonds is 8. The molecule has 0 unspecified atom stereocenters. The number of hydrogen-bond donors (Lipinski definition) is 2. The van der Waals surface area contributed by atoms with E-state index in [4.69, 9.17) is 24.4 Å².